The van der Waals surface area contributed by atoms with E-state index >= 15 is 0 Å². The van der Waals surface area contributed by atoms with Gasteiger partial charge in [-0.1, -0.05) is 6.92 Å². The Morgan fingerprint density at radius 1 is 1.18 bits per heavy atom. The van der Waals surface area contributed by atoms with Gasteiger partial charge in [-0.3, -0.25) is 19.4 Å². The fourth-order valence-electron chi connectivity index (χ4n) is 4.56. The molecule has 2 amide bonds. The number of rotatable bonds is 6. The van der Waals surface area contributed by atoms with E-state index in [9.17, 15) is 19.2 Å². The summed E-state index contributed by atoms with van der Waals surface area (Å²) in [5.41, 5.74) is 0.511. The van der Waals surface area contributed by atoms with Crippen molar-refractivity contribution < 1.29 is 19.1 Å². The van der Waals surface area contributed by atoms with Crippen LogP contribution < -0.4 is 21.1 Å². The Kier molecular flexibility index (Phi) is 6.95. The molecule has 0 radical (unpaired) electrons. The minimum atomic E-state index is -0.984. The number of anilines is 3. The molecule has 3 N–H and O–H groups in total. The minimum absolute atomic E-state index is 0.133. The molecule has 1 fully saturated rings. The van der Waals surface area contributed by atoms with Gasteiger partial charge in [0, 0.05) is 24.7 Å². The van der Waals surface area contributed by atoms with E-state index in [2.05, 4.69) is 32.4 Å². The molecule has 0 saturated carbocycles. The fraction of sp³-hybridized carbons (Fsp3) is 0.458. The Balaban J connectivity index is 1.57. The summed E-state index contributed by atoms with van der Waals surface area (Å²) in [6, 6.07) is 6.49. The standard InChI is InChI=1S/C24H29N5O5/c1-3-16-7-5-6-12-29(16)24-27-20-19(22(32)28-24)17(13-18(30)26-20)21(31)25-15-10-8-14(9-11-15)23(33)34-4-2/h8-11,16-17H,3-7,12-13H2,1-2H3,(H,25,31)(H2,26,27,28,30,32)/t16-,17+/m0/s1. The first-order chi connectivity index (χ1) is 16.4. The lowest BCUT2D eigenvalue weighted by atomic mass is 9.92. The molecular formula is C24H29N5O5. The lowest BCUT2D eigenvalue weighted by molar-refractivity contribution is -0.123. The average Bonchev–Trinajstić information content (AvgIpc) is 2.83. The van der Waals surface area contributed by atoms with Gasteiger partial charge in [-0.25, -0.2) is 4.79 Å². The second-order valence-electron chi connectivity index (χ2n) is 8.50. The summed E-state index contributed by atoms with van der Waals surface area (Å²) in [4.78, 5) is 59.8. The zero-order valence-corrected chi connectivity index (χ0v) is 19.3. The van der Waals surface area contributed by atoms with Crippen LogP contribution in [0.5, 0.6) is 0 Å². The van der Waals surface area contributed by atoms with Gasteiger partial charge in [-0.05, 0) is 56.9 Å². The maximum atomic E-state index is 13.1. The largest absolute Gasteiger partial charge is 0.462 e. The molecule has 0 aliphatic carbocycles. The molecule has 2 aliphatic rings. The van der Waals surface area contributed by atoms with Gasteiger partial charge < -0.3 is 20.3 Å². The topological polar surface area (TPSA) is 133 Å². The lowest BCUT2D eigenvalue weighted by Gasteiger charge is -2.36. The zero-order valence-electron chi connectivity index (χ0n) is 19.3. The molecule has 0 unspecified atom stereocenters. The van der Waals surface area contributed by atoms with Gasteiger partial charge in [-0.15, -0.1) is 0 Å². The monoisotopic (exact) mass is 467 g/mol. The lowest BCUT2D eigenvalue weighted by Crippen LogP contribution is -2.43. The predicted molar refractivity (Wildman–Crippen MR) is 127 cm³/mol. The first-order valence-corrected chi connectivity index (χ1v) is 11.7. The summed E-state index contributed by atoms with van der Waals surface area (Å²) in [6.45, 7) is 4.86. The number of H-pyrrole nitrogens is 1. The van der Waals surface area contributed by atoms with Crippen LogP contribution >= 0.6 is 0 Å². The van der Waals surface area contributed by atoms with E-state index in [1.165, 1.54) is 0 Å². The van der Waals surface area contributed by atoms with Crippen LogP contribution in [0.4, 0.5) is 17.5 Å². The van der Waals surface area contributed by atoms with Crippen LogP contribution in [0.3, 0.4) is 0 Å². The molecule has 2 aromatic rings. The van der Waals surface area contributed by atoms with Crippen molar-refractivity contribution >= 4 is 35.2 Å². The molecule has 10 heteroatoms. The number of hydrogen-bond acceptors (Lipinski definition) is 7. The van der Waals surface area contributed by atoms with Crippen molar-refractivity contribution in [3.05, 3.63) is 45.7 Å². The van der Waals surface area contributed by atoms with E-state index in [1.807, 2.05) is 0 Å². The number of benzene rings is 1. The Morgan fingerprint density at radius 3 is 2.65 bits per heavy atom. The zero-order chi connectivity index (χ0) is 24.2. The van der Waals surface area contributed by atoms with E-state index in [-0.39, 0.29) is 36.4 Å². The summed E-state index contributed by atoms with van der Waals surface area (Å²) in [5, 5.41) is 5.40. The Bertz CT molecular complexity index is 1140. The highest BCUT2D eigenvalue weighted by atomic mass is 16.5. The highest BCUT2D eigenvalue weighted by Crippen LogP contribution is 2.31. The van der Waals surface area contributed by atoms with Crippen LogP contribution in [0, 0.1) is 0 Å². The molecule has 0 spiro atoms. The number of nitrogens with zero attached hydrogens (tertiary/aromatic N) is 2. The minimum Gasteiger partial charge on any atom is -0.462 e. The molecule has 10 nitrogen and oxygen atoms in total. The molecule has 2 aliphatic heterocycles. The summed E-state index contributed by atoms with van der Waals surface area (Å²) < 4.78 is 4.96. The second-order valence-corrected chi connectivity index (χ2v) is 8.50. The number of carbonyl (C=O) groups is 3. The third kappa shape index (κ3) is 4.80. The summed E-state index contributed by atoms with van der Waals surface area (Å²) >= 11 is 0. The van der Waals surface area contributed by atoms with Crippen molar-refractivity contribution in [1.29, 1.82) is 0 Å². The predicted octanol–water partition coefficient (Wildman–Crippen LogP) is 2.78. The first kappa shape index (κ1) is 23.5. The van der Waals surface area contributed by atoms with E-state index in [4.69, 9.17) is 4.74 Å². The van der Waals surface area contributed by atoms with Gasteiger partial charge in [-0.2, -0.15) is 4.98 Å². The van der Waals surface area contributed by atoms with Gasteiger partial charge in [0.25, 0.3) is 5.56 Å². The molecule has 180 valence electrons. The highest BCUT2D eigenvalue weighted by molar-refractivity contribution is 6.04. The van der Waals surface area contributed by atoms with Gasteiger partial charge in [0.15, 0.2) is 0 Å². The van der Waals surface area contributed by atoms with Crippen molar-refractivity contribution in [2.45, 2.75) is 57.9 Å². The Hall–Kier alpha value is -3.69. The maximum absolute atomic E-state index is 13.1. The first-order valence-electron chi connectivity index (χ1n) is 11.7. The number of esters is 1. The van der Waals surface area contributed by atoms with Crippen LogP contribution in [0.1, 0.15) is 67.8 Å². The smallest absolute Gasteiger partial charge is 0.338 e. The molecule has 0 bridgehead atoms. The summed E-state index contributed by atoms with van der Waals surface area (Å²) in [6.07, 6.45) is 3.91. The van der Waals surface area contributed by atoms with E-state index in [0.29, 0.717) is 17.2 Å². The SMILES string of the molecule is CCOC(=O)c1ccc(NC(=O)[C@@H]2CC(=O)Nc3nc(N4CCCC[C@@H]4CC)[nH]c(=O)c32)cc1. The number of piperidine rings is 1. The highest BCUT2D eigenvalue weighted by Gasteiger charge is 2.35. The van der Waals surface area contributed by atoms with Crippen molar-refractivity contribution in [3.63, 3.8) is 0 Å². The van der Waals surface area contributed by atoms with Crippen molar-refractivity contribution in [2.24, 2.45) is 0 Å². The maximum Gasteiger partial charge on any atom is 0.338 e. The number of ether oxygens (including phenoxy) is 1. The number of fused-ring (bicyclic) bond motifs is 1. The van der Waals surface area contributed by atoms with Crippen molar-refractivity contribution in [1.82, 2.24) is 9.97 Å². The van der Waals surface area contributed by atoms with E-state index in [0.717, 1.165) is 32.2 Å². The Morgan fingerprint density at radius 2 is 1.94 bits per heavy atom. The molecule has 3 heterocycles. The number of hydrogen-bond donors (Lipinski definition) is 3. The number of carbonyl (C=O) groups excluding carboxylic acids is 3. The average molecular weight is 468 g/mol. The van der Waals surface area contributed by atoms with Crippen molar-refractivity contribution in [2.75, 3.05) is 28.7 Å². The van der Waals surface area contributed by atoms with Crippen LogP contribution in [-0.2, 0) is 14.3 Å². The van der Waals surface area contributed by atoms with Gasteiger partial charge in [0.1, 0.15) is 5.82 Å². The Labute approximate surface area is 197 Å². The van der Waals surface area contributed by atoms with Crippen LogP contribution in [0.25, 0.3) is 0 Å². The van der Waals surface area contributed by atoms with Gasteiger partial charge >= 0.3 is 5.97 Å². The molecule has 1 saturated heterocycles. The normalized spacial score (nSPS) is 19.7. The van der Waals surface area contributed by atoms with Crippen LogP contribution in [0.2, 0.25) is 0 Å². The molecule has 1 aromatic heterocycles. The summed E-state index contributed by atoms with van der Waals surface area (Å²) in [7, 11) is 0. The van der Waals surface area contributed by atoms with Gasteiger partial charge in [0.2, 0.25) is 17.8 Å². The van der Waals surface area contributed by atoms with E-state index in [1.54, 1.807) is 31.2 Å². The van der Waals surface area contributed by atoms with E-state index < -0.39 is 23.4 Å². The van der Waals surface area contributed by atoms with Gasteiger partial charge in [0.05, 0.1) is 23.7 Å². The fourth-order valence-corrected chi connectivity index (χ4v) is 4.56. The number of aromatic amines is 1. The number of nitrogens with one attached hydrogen (secondary N) is 3. The van der Waals surface area contributed by atoms with Crippen LogP contribution in [0.15, 0.2) is 29.1 Å². The molecular weight excluding hydrogens is 438 g/mol. The second kappa shape index (κ2) is 10.1. The van der Waals surface area contributed by atoms with Crippen molar-refractivity contribution in [3.8, 4) is 0 Å². The number of amides is 2. The quantitative estimate of drug-likeness (QED) is 0.556. The molecule has 34 heavy (non-hydrogen) atoms. The summed E-state index contributed by atoms with van der Waals surface area (Å²) in [5.74, 6) is -1.75. The molecule has 4 rings (SSSR count). The molecule has 2 atom stereocenters. The molecule has 1 aromatic carbocycles. The third-order valence-corrected chi connectivity index (χ3v) is 6.29. The third-order valence-electron chi connectivity index (χ3n) is 6.29. The number of aromatic nitrogens is 2. The van der Waals surface area contributed by atoms with Crippen LogP contribution in [-0.4, -0.2) is 46.9 Å².